The molecule has 4 rings (SSSR count). The zero-order valence-electron chi connectivity index (χ0n) is 26.5. The number of nitrogens with two attached hydrogens (primary N) is 1. The number of hydrogen-bond donors (Lipinski definition) is 4. The quantitative estimate of drug-likeness (QED) is 0.112. The molecule has 0 saturated heterocycles. The van der Waals surface area contributed by atoms with Crippen molar-refractivity contribution in [1.29, 1.82) is 0 Å². The van der Waals surface area contributed by atoms with Crippen molar-refractivity contribution in [2.75, 3.05) is 12.3 Å². The number of benzene rings is 4. The number of carboxylic acids is 1. The highest BCUT2D eigenvalue weighted by atomic mass is 19.1. The molecule has 4 aromatic carbocycles. The maximum atomic E-state index is 13.2. The van der Waals surface area contributed by atoms with E-state index in [9.17, 15) is 33.1 Å². The van der Waals surface area contributed by atoms with Crippen LogP contribution in [0.5, 0.6) is 0 Å². The van der Waals surface area contributed by atoms with E-state index in [-0.39, 0.29) is 37.0 Å². The molecule has 0 aliphatic rings. The van der Waals surface area contributed by atoms with Gasteiger partial charge in [-0.3, -0.25) is 14.4 Å². The number of ether oxygens (including phenoxy) is 1. The summed E-state index contributed by atoms with van der Waals surface area (Å²) in [6, 6.07) is 25.2. The van der Waals surface area contributed by atoms with Crippen LogP contribution >= 0.6 is 0 Å². The molecular formula is C37H39F2N3O6. The zero-order chi connectivity index (χ0) is 34.9. The third kappa shape index (κ3) is 13.4. The first-order valence-electron chi connectivity index (χ1n) is 15.4. The Bertz CT molecular complexity index is 1620. The number of halogens is 2. The van der Waals surface area contributed by atoms with Crippen LogP contribution in [0.2, 0.25) is 0 Å². The Morgan fingerprint density at radius 3 is 1.77 bits per heavy atom. The Labute approximate surface area is 278 Å². The predicted octanol–water partition coefficient (Wildman–Crippen LogP) is 4.81. The van der Waals surface area contributed by atoms with Gasteiger partial charge >= 0.3 is 11.9 Å². The molecule has 0 unspecified atom stereocenters. The average Bonchev–Trinajstić information content (AvgIpc) is 3.06. The normalized spacial score (nSPS) is 11.6. The number of amides is 2. The largest absolute Gasteiger partial charge is 0.480 e. The SMILES string of the molecule is CCOC(=O)CCc1ccc(F)cc1.Nc1ccc(C[C@H](NC(=O)Cc2ccccc2)C(=O)N[C@@H](Cc2ccc(F)cc2)C(=O)O)cc1. The van der Waals surface area contributed by atoms with Crippen molar-refractivity contribution in [3.63, 3.8) is 0 Å². The number of carbonyl (C=O) groups excluding carboxylic acids is 3. The second-order valence-corrected chi connectivity index (χ2v) is 10.9. The Kier molecular flexibility index (Phi) is 14.7. The van der Waals surface area contributed by atoms with Crippen LogP contribution in [0.1, 0.15) is 35.6 Å². The minimum absolute atomic E-state index is 0.0338. The summed E-state index contributed by atoms with van der Waals surface area (Å²) >= 11 is 0. The summed E-state index contributed by atoms with van der Waals surface area (Å²) in [5.74, 6) is -3.15. The third-order valence-electron chi connectivity index (χ3n) is 7.08. The number of nitrogens with one attached hydrogen (secondary N) is 2. The molecule has 0 spiro atoms. The van der Waals surface area contributed by atoms with Gasteiger partial charge in [0, 0.05) is 24.9 Å². The number of nitrogen functional groups attached to an aromatic ring is 1. The topological polar surface area (TPSA) is 148 Å². The molecule has 5 N–H and O–H groups in total. The monoisotopic (exact) mass is 659 g/mol. The summed E-state index contributed by atoms with van der Waals surface area (Å²) in [5.41, 5.74) is 9.32. The summed E-state index contributed by atoms with van der Waals surface area (Å²) in [6.45, 7) is 2.18. The lowest BCUT2D eigenvalue weighted by Gasteiger charge is -2.22. The maximum absolute atomic E-state index is 13.2. The standard InChI is InChI=1S/C26H26FN3O4.C11H13FO2/c27-20-10-6-18(7-11-20)15-23(26(33)34)30-25(32)22(14-19-8-12-21(28)13-9-19)29-24(31)16-17-4-2-1-3-5-17;1-2-14-11(13)8-5-9-3-6-10(12)7-4-9/h1-13,22-23H,14-16,28H2,(H,29,31)(H,30,32)(H,33,34);3-4,6-7H,2,5,8H2,1H3/t22-,23-;/m0./s1. The van der Waals surface area contributed by atoms with E-state index in [1.165, 1.54) is 36.4 Å². The number of esters is 1. The van der Waals surface area contributed by atoms with Crippen molar-refractivity contribution in [3.8, 4) is 0 Å². The first-order chi connectivity index (χ1) is 23.0. The Morgan fingerprint density at radius 1 is 0.708 bits per heavy atom. The number of anilines is 1. The lowest BCUT2D eigenvalue weighted by molar-refractivity contribution is -0.143. The molecule has 4 aromatic rings. The lowest BCUT2D eigenvalue weighted by Crippen LogP contribution is -2.53. The fraction of sp³-hybridized carbons (Fsp3) is 0.243. The first kappa shape index (κ1) is 36.9. The number of carbonyl (C=O) groups is 4. The van der Waals surface area contributed by atoms with Gasteiger partial charge in [0.05, 0.1) is 13.0 Å². The van der Waals surface area contributed by atoms with Crippen LogP contribution in [-0.2, 0) is 49.6 Å². The minimum atomic E-state index is -1.25. The van der Waals surface area contributed by atoms with Gasteiger partial charge in [-0.2, -0.15) is 0 Å². The van der Waals surface area contributed by atoms with Gasteiger partial charge in [0.2, 0.25) is 11.8 Å². The van der Waals surface area contributed by atoms with Gasteiger partial charge in [0.15, 0.2) is 0 Å². The second kappa shape index (κ2) is 19.2. The van der Waals surface area contributed by atoms with Crippen LogP contribution in [0.4, 0.5) is 14.5 Å². The molecule has 9 nitrogen and oxygen atoms in total. The number of carboxylic acid groups (broad SMARTS) is 1. The molecule has 252 valence electrons. The minimum Gasteiger partial charge on any atom is -0.480 e. The van der Waals surface area contributed by atoms with E-state index in [0.717, 1.165) is 16.7 Å². The number of aliphatic carboxylic acids is 1. The molecule has 11 heteroatoms. The molecule has 0 saturated carbocycles. The van der Waals surface area contributed by atoms with Crippen molar-refractivity contribution < 1.29 is 37.8 Å². The molecule has 0 aliphatic carbocycles. The van der Waals surface area contributed by atoms with Crippen LogP contribution in [-0.4, -0.2) is 47.6 Å². The Hall–Kier alpha value is -5.58. The molecule has 2 amide bonds. The predicted molar refractivity (Wildman–Crippen MR) is 178 cm³/mol. The number of rotatable bonds is 14. The molecule has 0 radical (unpaired) electrons. The van der Waals surface area contributed by atoms with E-state index in [1.807, 2.05) is 18.2 Å². The van der Waals surface area contributed by atoms with Gasteiger partial charge < -0.3 is 26.2 Å². The van der Waals surface area contributed by atoms with Crippen LogP contribution in [0.3, 0.4) is 0 Å². The van der Waals surface area contributed by atoms with Crippen LogP contribution in [0, 0.1) is 11.6 Å². The first-order valence-corrected chi connectivity index (χ1v) is 15.4. The van der Waals surface area contributed by atoms with E-state index in [1.54, 1.807) is 55.5 Å². The molecule has 2 atom stereocenters. The fourth-order valence-electron chi connectivity index (χ4n) is 4.58. The smallest absolute Gasteiger partial charge is 0.326 e. The summed E-state index contributed by atoms with van der Waals surface area (Å²) in [4.78, 5) is 48.5. The number of hydrogen-bond acceptors (Lipinski definition) is 6. The van der Waals surface area contributed by atoms with Crippen molar-refractivity contribution in [2.24, 2.45) is 0 Å². The van der Waals surface area contributed by atoms with Crippen LogP contribution in [0.15, 0.2) is 103 Å². The fourth-order valence-corrected chi connectivity index (χ4v) is 4.58. The van der Waals surface area contributed by atoms with Gasteiger partial charge in [-0.05, 0) is 72.0 Å². The van der Waals surface area contributed by atoms with Crippen LogP contribution < -0.4 is 16.4 Å². The highest BCUT2D eigenvalue weighted by molar-refractivity contribution is 5.91. The molecule has 0 heterocycles. The lowest BCUT2D eigenvalue weighted by atomic mass is 10.0. The van der Waals surface area contributed by atoms with Crippen molar-refractivity contribution in [2.45, 2.75) is 51.1 Å². The van der Waals surface area contributed by atoms with Crippen molar-refractivity contribution >= 4 is 29.4 Å². The molecule has 0 fully saturated rings. The molecule has 48 heavy (non-hydrogen) atoms. The van der Waals surface area contributed by atoms with Gasteiger partial charge in [-0.15, -0.1) is 0 Å². The summed E-state index contributed by atoms with van der Waals surface area (Å²) in [5, 5.41) is 14.9. The van der Waals surface area contributed by atoms with Gasteiger partial charge in [0.25, 0.3) is 0 Å². The summed E-state index contributed by atoms with van der Waals surface area (Å²) in [6.07, 6.45) is 1.13. The highest BCUT2D eigenvalue weighted by Gasteiger charge is 2.27. The average molecular weight is 660 g/mol. The van der Waals surface area contributed by atoms with E-state index < -0.39 is 29.8 Å². The highest BCUT2D eigenvalue weighted by Crippen LogP contribution is 2.11. The summed E-state index contributed by atoms with van der Waals surface area (Å²) in [7, 11) is 0. The van der Waals surface area contributed by atoms with Crippen molar-refractivity contribution in [3.05, 3.63) is 137 Å². The maximum Gasteiger partial charge on any atom is 0.326 e. The Morgan fingerprint density at radius 2 is 1.23 bits per heavy atom. The van der Waals surface area contributed by atoms with Gasteiger partial charge in [-0.1, -0.05) is 66.7 Å². The van der Waals surface area contributed by atoms with Gasteiger partial charge in [-0.25, -0.2) is 13.6 Å². The third-order valence-corrected chi connectivity index (χ3v) is 7.08. The second-order valence-electron chi connectivity index (χ2n) is 10.9. The van der Waals surface area contributed by atoms with Crippen molar-refractivity contribution in [1.82, 2.24) is 10.6 Å². The van der Waals surface area contributed by atoms with Crippen LogP contribution in [0.25, 0.3) is 0 Å². The molecule has 0 bridgehead atoms. The van der Waals surface area contributed by atoms with E-state index in [0.29, 0.717) is 30.7 Å². The van der Waals surface area contributed by atoms with Gasteiger partial charge in [0.1, 0.15) is 23.7 Å². The Balaban J connectivity index is 0.000000373. The zero-order valence-corrected chi connectivity index (χ0v) is 26.5. The number of aryl methyl sites for hydroxylation is 1. The van der Waals surface area contributed by atoms with E-state index in [2.05, 4.69) is 10.6 Å². The molecule has 0 aliphatic heterocycles. The van der Waals surface area contributed by atoms with E-state index >= 15 is 0 Å². The molecular weight excluding hydrogens is 620 g/mol. The summed E-state index contributed by atoms with van der Waals surface area (Å²) < 4.78 is 30.5. The van der Waals surface area contributed by atoms with E-state index in [4.69, 9.17) is 10.5 Å². The molecule has 0 aromatic heterocycles.